The number of aromatic nitrogens is 3. The molecule has 0 atom stereocenters. The molecule has 0 unspecified atom stereocenters. The molecule has 1 aromatic heterocycles. The molecule has 0 saturated carbocycles. The zero-order valence-electron chi connectivity index (χ0n) is 10.7. The van der Waals surface area contributed by atoms with Crippen molar-refractivity contribution in [1.29, 1.82) is 0 Å². The summed E-state index contributed by atoms with van der Waals surface area (Å²) >= 11 is 1.50. The number of nitrogens with two attached hydrogens (primary N) is 1. The van der Waals surface area contributed by atoms with Crippen LogP contribution in [0.5, 0.6) is 0 Å². The van der Waals surface area contributed by atoms with Gasteiger partial charge in [0, 0.05) is 24.3 Å². The van der Waals surface area contributed by atoms with Gasteiger partial charge in [0.2, 0.25) is 5.91 Å². The fraction of sp³-hybridized carbons (Fsp3) is 0.308. The monoisotopic (exact) mass is 276 g/mol. The highest BCUT2D eigenvalue weighted by Crippen LogP contribution is 2.23. The summed E-state index contributed by atoms with van der Waals surface area (Å²) in [5, 5.41) is 9.24. The van der Waals surface area contributed by atoms with Crippen LogP contribution in [0.25, 0.3) is 11.4 Å². The van der Waals surface area contributed by atoms with Gasteiger partial charge in [0.25, 0.3) is 0 Å². The zero-order valence-corrected chi connectivity index (χ0v) is 11.6. The van der Waals surface area contributed by atoms with Crippen LogP contribution in [0.4, 0.5) is 0 Å². The smallest absolute Gasteiger partial charge is 0.218 e. The molecule has 0 bridgehead atoms. The Hall–Kier alpha value is -1.82. The number of hydrogen-bond acceptors (Lipinski definition) is 4. The first kappa shape index (κ1) is 13.6. The van der Waals surface area contributed by atoms with E-state index in [1.165, 1.54) is 11.8 Å². The minimum Gasteiger partial charge on any atom is -0.370 e. The normalized spacial score (nSPS) is 10.6. The van der Waals surface area contributed by atoms with Crippen molar-refractivity contribution in [3.05, 3.63) is 30.3 Å². The molecule has 2 N–H and O–H groups in total. The number of nitrogens with zero attached hydrogens (tertiary/aromatic N) is 3. The lowest BCUT2D eigenvalue weighted by Gasteiger charge is -2.06. The first-order valence-corrected chi connectivity index (χ1v) is 7.10. The standard InChI is InChI=1S/C13H16N4OS/c1-2-17-12(10-6-4-3-5-7-10)15-16-13(17)19-9-8-11(14)18/h3-7H,2,8-9H2,1H3,(H2,14,18). The summed E-state index contributed by atoms with van der Waals surface area (Å²) in [6.45, 7) is 2.84. The van der Waals surface area contributed by atoms with E-state index in [0.29, 0.717) is 12.2 Å². The van der Waals surface area contributed by atoms with Gasteiger partial charge >= 0.3 is 0 Å². The van der Waals surface area contributed by atoms with Gasteiger partial charge in [0.05, 0.1) is 0 Å². The Labute approximate surface area is 116 Å². The maximum atomic E-state index is 10.7. The number of amides is 1. The van der Waals surface area contributed by atoms with Gasteiger partial charge in [0.15, 0.2) is 11.0 Å². The summed E-state index contributed by atoms with van der Waals surface area (Å²) in [7, 11) is 0. The van der Waals surface area contributed by atoms with Gasteiger partial charge in [-0.1, -0.05) is 42.1 Å². The van der Waals surface area contributed by atoms with Crippen LogP contribution in [0.2, 0.25) is 0 Å². The van der Waals surface area contributed by atoms with Crippen molar-refractivity contribution in [1.82, 2.24) is 14.8 Å². The van der Waals surface area contributed by atoms with Crippen molar-refractivity contribution >= 4 is 17.7 Å². The minimum absolute atomic E-state index is 0.293. The number of benzene rings is 1. The molecule has 100 valence electrons. The van der Waals surface area contributed by atoms with E-state index in [2.05, 4.69) is 10.2 Å². The van der Waals surface area contributed by atoms with Crippen molar-refractivity contribution in [3.8, 4) is 11.4 Å². The maximum Gasteiger partial charge on any atom is 0.218 e. The Balaban J connectivity index is 2.18. The van der Waals surface area contributed by atoms with E-state index in [1.807, 2.05) is 41.8 Å². The number of hydrogen-bond donors (Lipinski definition) is 1. The van der Waals surface area contributed by atoms with E-state index >= 15 is 0 Å². The highest BCUT2D eigenvalue weighted by atomic mass is 32.2. The van der Waals surface area contributed by atoms with Gasteiger partial charge in [-0.25, -0.2) is 0 Å². The molecule has 0 saturated heterocycles. The van der Waals surface area contributed by atoms with Crippen molar-refractivity contribution in [2.75, 3.05) is 5.75 Å². The van der Waals surface area contributed by atoms with Crippen LogP contribution in [-0.4, -0.2) is 26.4 Å². The van der Waals surface area contributed by atoms with Gasteiger partial charge in [0.1, 0.15) is 0 Å². The number of carbonyl (C=O) groups excluding carboxylic acids is 1. The van der Waals surface area contributed by atoms with E-state index < -0.39 is 0 Å². The predicted octanol–water partition coefficient (Wildman–Crippen LogP) is 1.93. The van der Waals surface area contributed by atoms with Crippen LogP contribution in [0.15, 0.2) is 35.5 Å². The fourth-order valence-electron chi connectivity index (χ4n) is 1.72. The second-order valence-electron chi connectivity index (χ2n) is 3.98. The quantitative estimate of drug-likeness (QED) is 0.818. The lowest BCUT2D eigenvalue weighted by atomic mass is 10.2. The van der Waals surface area contributed by atoms with E-state index in [1.54, 1.807) is 0 Å². The molecule has 6 heteroatoms. The van der Waals surface area contributed by atoms with Crippen LogP contribution in [0.1, 0.15) is 13.3 Å². The lowest BCUT2D eigenvalue weighted by Crippen LogP contribution is -2.11. The third-order valence-electron chi connectivity index (χ3n) is 2.64. The topological polar surface area (TPSA) is 73.8 Å². The summed E-state index contributed by atoms with van der Waals surface area (Å²) < 4.78 is 2.04. The molecule has 0 aliphatic heterocycles. The Morgan fingerprint density at radius 2 is 2.05 bits per heavy atom. The van der Waals surface area contributed by atoms with Crippen molar-refractivity contribution in [2.45, 2.75) is 25.0 Å². The molecule has 1 aromatic carbocycles. The molecule has 0 aliphatic rings. The maximum absolute atomic E-state index is 10.7. The molecule has 2 aromatic rings. The molecule has 1 heterocycles. The van der Waals surface area contributed by atoms with Gasteiger partial charge in [-0.3, -0.25) is 4.79 Å². The van der Waals surface area contributed by atoms with Crippen LogP contribution < -0.4 is 5.73 Å². The Kier molecular flexibility index (Phi) is 4.57. The Morgan fingerprint density at radius 1 is 1.32 bits per heavy atom. The molecule has 0 fully saturated rings. The number of thioether (sulfide) groups is 1. The minimum atomic E-state index is -0.293. The highest BCUT2D eigenvalue weighted by Gasteiger charge is 2.12. The summed E-state index contributed by atoms with van der Waals surface area (Å²) in [6, 6.07) is 9.94. The van der Waals surface area contributed by atoms with Gasteiger partial charge in [-0.2, -0.15) is 0 Å². The SMILES string of the molecule is CCn1c(SCCC(N)=O)nnc1-c1ccccc1. The number of primary amides is 1. The molecule has 1 amide bonds. The molecular weight excluding hydrogens is 260 g/mol. The second kappa shape index (κ2) is 6.38. The first-order chi connectivity index (χ1) is 9.22. The molecule has 0 spiro atoms. The van der Waals surface area contributed by atoms with Crippen molar-refractivity contribution in [3.63, 3.8) is 0 Å². The second-order valence-corrected chi connectivity index (χ2v) is 5.04. The van der Waals surface area contributed by atoms with Crippen LogP contribution in [-0.2, 0) is 11.3 Å². The summed E-state index contributed by atoms with van der Waals surface area (Å²) in [5.41, 5.74) is 6.17. The largest absolute Gasteiger partial charge is 0.370 e. The van der Waals surface area contributed by atoms with Crippen LogP contribution in [0, 0.1) is 0 Å². The summed E-state index contributed by atoms with van der Waals surface area (Å²) in [5.74, 6) is 1.19. The Bertz CT molecular complexity index is 553. The van der Waals surface area contributed by atoms with E-state index in [4.69, 9.17) is 5.73 Å². The third kappa shape index (κ3) is 3.35. The Morgan fingerprint density at radius 3 is 2.68 bits per heavy atom. The highest BCUT2D eigenvalue weighted by molar-refractivity contribution is 7.99. The first-order valence-electron chi connectivity index (χ1n) is 6.12. The van der Waals surface area contributed by atoms with Gasteiger partial charge in [-0.15, -0.1) is 10.2 Å². The average molecular weight is 276 g/mol. The van der Waals surface area contributed by atoms with E-state index in [9.17, 15) is 4.79 Å². The van der Waals surface area contributed by atoms with Crippen LogP contribution in [0.3, 0.4) is 0 Å². The summed E-state index contributed by atoms with van der Waals surface area (Å²) in [6.07, 6.45) is 0.349. The molecule has 0 aliphatic carbocycles. The van der Waals surface area contributed by atoms with Crippen LogP contribution >= 0.6 is 11.8 Å². The van der Waals surface area contributed by atoms with E-state index in [0.717, 1.165) is 23.1 Å². The number of carbonyl (C=O) groups is 1. The molecule has 2 rings (SSSR count). The summed E-state index contributed by atoms with van der Waals surface area (Å²) in [4.78, 5) is 10.7. The lowest BCUT2D eigenvalue weighted by molar-refractivity contribution is -0.117. The molecular formula is C13H16N4OS. The van der Waals surface area contributed by atoms with Crippen molar-refractivity contribution < 1.29 is 4.79 Å². The molecule has 0 radical (unpaired) electrons. The fourth-order valence-corrected chi connectivity index (χ4v) is 2.68. The predicted molar refractivity (Wildman–Crippen MR) is 75.7 cm³/mol. The molecule has 19 heavy (non-hydrogen) atoms. The molecule has 5 nitrogen and oxygen atoms in total. The van der Waals surface area contributed by atoms with Crippen molar-refractivity contribution in [2.24, 2.45) is 5.73 Å². The average Bonchev–Trinajstić information content (AvgIpc) is 2.82. The third-order valence-corrected chi connectivity index (χ3v) is 3.61. The van der Waals surface area contributed by atoms with E-state index in [-0.39, 0.29) is 5.91 Å². The zero-order chi connectivity index (χ0) is 13.7. The van der Waals surface area contributed by atoms with Gasteiger partial charge in [-0.05, 0) is 6.92 Å². The number of rotatable bonds is 6. The van der Waals surface area contributed by atoms with Gasteiger partial charge < -0.3 is 10.3 Å².